The van der Waals surface area contributed by atoms with Gasteiger partial charge in [0.2, 0.25) is 0 Å². The molecule has 118 valence electrons. The highest BCUT2D eigenvalue weighted by molar-refractivity contribution is 7.18. The van der Waals surface area contributed by atoms with Gasteiger partial charge < -0.3 is 5.32 Å². The summed E-state index contributed by atoms with van der Waals surface area (Å²) >= 11 is 1.70. The first-order valence-electron chi connectivity index (χ1n) is 7.64. The van der Waals surface area contributed by atoms with Crippen LogP contribution < -0.4 is 5.32 Å². The zero-order valence-electron chi connectivity index (χ0n) is 13.7. The summed E-state index contributed by atoms with van der Waals surface area (Å²) in [7, 11) is 0. The Balaban J connectivity index is 2.12. The van der Waals surface area contributed by atoms with Crippen molar-refractivity contribution in [3.63, 3.8) is 0 Å². The Kier molecular flexibility index (Phi) is 4.13. The van der Waals surface area contributed by atoms with Crippen LogP contribution in [0.25, 0.3) is 10.2 Å². The highest BCUT2D eigenvalue weighted by Crippen LogP contribution is 2.34. The van der Waals surface area contributed by atoms with Gasteiger partial charge in [-0.15, -0.1) is 11.3 Å². The first kappa shape index (κ1) is 15.6. The van der Waals surface area contributed by atoms with E-state index in [1.54, 1.807) is 18.3 Å². The zero-order chi connectivity index (χ0) is 16.6. The number of ketones is 1. The Morgan fingerprint density at radius 2 is 2.04 bits per heavy atom. The molecule has 0 fully saturated rings. The summed E-state index contributed by atoms with van der Waals surface area (Å²) in [5, 5.41) is 4.44. The molecule has 3 aromatic rings. The second-order valence-corrected chi connectivity index (χ2v) is 6.77. The monoisotopic (exact) mass is 325 g/mol. The topological polar surface area (TPSA) is 54.9 Å². The van der Waals surface area contributed by atoms with Gasteiger partial charge in [-0.3, -0.25) is 4.79 Å². The van der Waals surface area contributed by atoms with Crippen molar-refractivity contribution in [2.75, 3.05) is 5.32 Å². The van der Waals surface area contributed by atoms with Gasteiger partial charge in [0.15, 0.2) is 5.78 Å². The molecule has 0 aliphatic rings. The summed E-state index contributed by atoms with van der Waals surface area (Å²) in [6.07, 6.45) is 0.786. The molecule has 5 heteroatoms. The number of carbonyl (C=O) groups is 1. The lowest BCUT2D eigenvalue weighted by Crippen LogP contribution is -2.01. The first-order valence-corrected chi connectivity index (χ1v) is 8.46. The summed E-state index contributed by atoms with van der Waals surface area (Å²) in [4.78, 5) is 23.1. The summed E-state index contributed by atoms with van der Waals surface area (Å²) in [6.45, 7) is 7.83. The van der Waals surface area contributed by atoms with Gasteiger partial charge in [-0.25, -0.2) is 9.97 Å². The van der Waals surface area contributed by atoms with Gasteiger partial charge in [-0.05, 0) is 38.5 Å². The molecule has 0 aliphatic heterocycles. The maximum atomic E-state index is 11.6. The van der Waals surface area contributed by atoms with Gasteiger partial charge in [0.25, 0.3) is 0 Å². The molecule has 1 aromatic carbocycles. The summed E-state index contributed by atoms with van der Waals surface area (Å²) < 4.78 is 0. The maximum absolute atomic E-state index is 11.6. The van der Waals surface area contributed by atoms with E-state index in [2.05, 4.69) is 36.1 Å². The molecule has 1 N–H and O–H groups in total. The van der Waals surface area contributed by atoms with Crippen LogP contribution in [-0.4, -0.2) is 15.8 Å². The van der Waals surface area contributed by atoms with Crippen LogP contribution in [0.5, 0.6) is 0 Å². The van der Waals surface area contributed by atoms with Crippen LogP contribution in [-0.2, 0) is 6.42 Å². The van der Waals surface area contributed by atoms with Crippen molar-refractivity contribution in [3.8, 4) is 0 Å². The van der Waals surface area contributed by atoms with Crippen molar-refractivity contribution in [1.29, 1.82) is 0 Å². The molecule has 0 bridgehead atoms. The number of benzene rings is 1. The van der Waals surface area contributed by atoms with E-state index in [1.165, 1.54) is 10.4 Å². The average Bonchev–Trinajstić information content (AvgIpc) is 2.82. The van der Waals surface area contributed by atoms with E-state index in [9.17, 15) is 4.79 Å². The molecular weight excluding hydrogens is 306 g/mol. The minimum Gasteiger partial charge on any atom is -0.340 e. The molecule has 0 saturated heterocycles. The molecule has 3 rings (SSSR count). The quantitative estimate of drug-likeness (QED) is 0.699. The number of nitrogens with one attached hydrogen (secondary N) is 1. The highest BCUT2D eigenvalue weighted by atomic mass is 32.1. The van der Waals surface area contributed by atoms with Crippen molar-refractivity contribution >= 4 is 38.8 Å². The van der Waals surface area contributed by atoms with E-state index in [-0.39, 0.29) is 5.78 Å². The van der Waals surface area contributed by atoms with Gasteiger partial charge in [-0.1, -0.05) is 19.1 Å². The van der Waals surface area contributed by atoms with Crippen LogP contribution in [0.3, 0.4) is 0 Å². The molecule has 0 radical (unpaired) electrons. The highest BCUT2D eigenvalue weighted by Gasteiger charge is 2.14. The third-order valence-electron chi connectivity index (χ3n) is 3.92. The molecule has 0 aliphatic carbocycles. The Bertz CT molecular complexity index is 899. The number of thiophene rings is 1. The molecule has 23 heavy (non-hydrogen) atoms. The molecule has 0 spiro atoms. The molecule has 0 saturated carbocycles. The lowest BCUT2D eigenvalue weighted by Gasteiger charge is -2.10. The van der Waals surface area contributed by atoms with Gasteiger partial charge in [0.05, 0.1) is 5.39 Å². The fourth-order valence-electron chi connectivity index (χ4n) is 2.50. The van der Waals surface area contributed by atoms with Crippen LogP contribution in [0.1, 0.15) is 40.5 Å². The first-order chi connectivity index (χ1) is 11.0. The lowest BCUT2D eigenvalue weighted by atomic mass is 10.1. The Morgan fingerprint density at radius 3 is 2.74 bits per heavy atom. The summed E-state index contributed by atoms with van der Waals surface area (Å²) in [5.41, 5.74) is 2.76. The zero-order valence-corrected chi connectivity index (χ0v) is 14.5. The van der Waals surface area contributed by atoms with Gasteiger partial charge in [-0.2, -0.15) is 0 Å². The predicted octanol–water partition coefficient (Wildman–Crippen LogP) is 4.82. The van der Waals surface area contributed by atoms with E-state index in [4.69, 9.17) is 0 Å². The van der Waals surface area contributed by atoms with Gasteiger partial charge in [0, 0.05) is 22.5 Å². The number of fused-ring (bicyclic) bond motifs is 1. The number of hydrogen-bond acceptors (Lipinski definition) is 5. The summed E-state index contributed by atoms with van der Waals surface area (Å²) in [5.74, 6) is 1.69. The fourth-order valence-corrected chi connectivity index (χ4v) is 3.54. The second-order valence-electron chi connectivity index (χ2n) is 5.57. The Morgan fingerprint density at radius 1 is 1.26 bits per heavy atom. The van der Waals surface area contributed by atoms with Crippen LogP contribution in [0.4, 0.5) is 11.5 Å². The maximum Gasteiger partial charge on any atom is 0.159 e. The van der Waals surface area contributed by atoms with Crippen LogP contribution in [0, 0.1) is 13.8 Å². The standard InChI is InChI=1S/C18H19N3OS/c1-5-15-20-17(16-10(2)12(4)23-18(16)21-15)19-14-8-6-7-13(9-14)11(3)22/h6-9H,5H2,1-4H3,(H,19,20,21). The van der Waals surface area contributed by atoms with E-state index in [0.717, 1.165) is 34.0 Å². The van der Waals surface area contributed by atoms with Crippen molar-refractivity contribution < 1.29 is 4.79 Å². The predicted molar refractivity (Wildman–Crippen MR) is 96.0 cm³/mol. The minimum atomic E-state index is 0.0540. The number of anilines is 2. The molecule has 0 amide bonds. The van der Waals surface area contributed by atoms with E-state index >= 15 is 0 Å². The van der Waals surface area contributed by atoms with Crippen molar-refractivity contribution in [1.82, 2.24) is 9.97 Å². The Labute approximate surface area is 139 Å². The number of nitrogens with zero attached hydrogens (tertiary/aromatic N) is 2. The number of hydrogen-bond donors (Lipinski definition) is 1. The molecule has 0 unspecified atom stereocenters. The molecular formula is C18H19N3OS. The lowest BCUT2D eigenvalue weighted by molar-refractivity contribution is 0.101. The smallest absolute Gasteiger partial charge is 0.159 e. The number of Topliss-reactive ketones (excluding diaryl/α,β-unsaturated/α-hetero) is 1. The second kappa shape index (κ2) is 6.08. The van der Waals surface area contributed by atoms with Gasteiger partial charge in [0.1, 0.15) is 16.5 Å². The van der Waals surface area contributed by atoms with Gasteiger partial charge >= 0.3 is 0 Å². The number of aromatic nitrogens is 2. The average molecular weight is 325 g/mol. The SMILES string of the molecule is CCc1nc(Nc2cccc(C(C)=O)c2)c2c(C)c(C)sc2n1. The molecule has 2 heterocycles. The number of aryl methyl sites for hydroxylation is 3. The minimum absolute atomic E-state index is 0.0540. The third kappa shape index (κ3) is 2.97. The van der Waals surface area contributed by atoms with Crippen molar-refractivity contribution in [3.05, 3.63) is 46.1 Å². The van der Waals surface area contributed by atoms with E-state index < -0.39 is 0 Å². The van der Waals surface area contributed by atoms with Crippen LogP contribution in [0.15, 0.2) is 24.3 Å². The van der Waals surface area contributed by atoms with Crippen molar-refractivity contribution in [2.45, 2.75) is 34.1 Å². The largest absolute Gasteiger partial charge is 0.340 e. The number of carbonyl (C=O) groups excluding carboxylic acids is 1. The Hall–Kier alpha value is -2.27. The van der Waals surface area contributed by atoms with E-state index in [0.29, 0.717) is 5.56 Å². The normalized spacial score (nSPS) is 11.0. The van der Waals surface area contributed by atoms with Crippen LogP contribution >= 0.6 is 11.3 Å². The molecule has 4 nitrogen and oxygen atoms in total. The fraction of sp³-hybridized carbons (Fsp3) is 0.278. The third-order valence-corrected chi connectivity index (χ3v) is 5.02. The van der Waals surface area contributed by atoms with Crippen LogP contribution in [0.2, 0.25) is 0 Å². The molecule has 2 aromatic heterocycles. The molecule has 0 atom stereocenters. The van der Waals surface area contributed by atoms with Crippen molar-refractivity contribution in [2.24, 2.45) is 0 Å². The number of rotatable bonds is 4. The summed E-state index contributed by atoms with van der Waals surface area (Å²) in [6, 6.07) is 7.50. The van der Waals surface area contributed by atoms with E-state index in [1.807, 2.05) is 24.3 Å².